The molecule has 4 nitrogen and oxygen atoms in total. The van der Waals surface area contributed by atoms with E-state index in [-0.39, 0.29) is 6.10 Å². The summed E-state index contributed by atoms with van der Waals surface area (Å²) in [7, 11) is 1.66. The molecule has 0 aromatic carbocycles. The molecule has 0 saturated carbocycles. The van der Waals surface area contributed by atoms with Gasteiger partial charge in [-0.15, -0.1) is 0 Å². The Labute approximate surface area is 108 Å². The van der Waals surface area contributed by atoms with Gasteiger partial charge in [-0.05, 0) is 20.8 Å². The fraction of sp³-hybridized carbons (Fsp3) is 0.643. The lowest BCUT2D eigenvalue weighted by Crippen LogP contribution is -2.39. The first-order chi connectivity index (χ1) is 8.48. The van der Waals surface area contributed by atoms with Crippen molar-refractivity contribution in [3.63, 3.8) is 0 Å². The SMILES string of the molecule is COc1c(C)cnc(CC2(O)CCOC2C)c1C. The number of nitrogens with zero attached hydrogens (tertiary/aromatic N) is 1. The number of methoxy groups -OCH3 is 1. The van der Waals surface area contributed by atoms with Crippen molar-refractivity contribution < 1.29 is 14.6 Å². The highest BCUT2D eigenvalue weighted by atomic mass is 16.5. The molecule has 2 rings (SSSR count). The second-order valence-corrected chi connectivity index (χ2v) is 5.09. The number of hydrogen-bond donors (Lipinski definition) is 1. The Morgan fingerprint density at radius 3 is 2.83 bits per heavy atom. The van der Waals surface area contributed by atoms with Crippen LogP contribution >= 0.6 is 0 Å². The third-order valence-electron chi connectivity index (χ3n) is 3.88. The predicted octanol–water partition coefficient (Wildman–Crippen LogP) is 1.79. The third-order valence-corrected chi connectivity index (χ3v) is 3.88. The normalized spacial score (nSPS) is 27.5. The van der Waals surface area contributed by atoms with Gasteiger partial charge in [0.15, 0.2) is 0 Å². The fourth-order valence-electron chi connectivity index (χ4n) is 2.54. The summed E-state index contributed by atoms with van der Waals surface area (Å²) in [6, 6.07) is 0. The van der Waals surface area contributed by atoms with Crippen molar-refractivity contribution in [3.8, 4) is 5.75 Å². The second-order valence-electron chi connectivity index (χ2n) is 5.09. The minimum atomic E-state index is -0.808. The van der Waals surface area contributed by atoms with Crippen molar-refractivity contribution in [2.75, 3.05) is 13.7 Å². The Balaban J connectivity index is 2.30. The molecule has 1 aliphatic rings. The van der Waals surface area contributed by atoms with E-state index < -0.39 is 5.60 Å². The van der Waals surface area contributed by atoms with E-state index in [1.807, 2.05) is 20.8 Å². The molecule has 1 aromatic rings. The number of ether oxygens (including phenoxy) is 2. The van der Waals surface area contributed by atoms with Gasteiger partial charge >= 0.3 is 0 Å². The summed E-state index contributed by atoms with van der Waals surface area (Å²) < 4.78 is 10.8. The maximum Gasteiger partial charge on any atom is 0.128 e. The Morgan fingerprint density at radius 2 is 2.28 bits per heavy atom. The van der Waals surface area contributed by atoms with Crippen LogP contribution in [-0.2, 0) is 11.2 Å². The zero-order valence-corrected chi connectivity index (χ0v) is 11.5. The summed E-state index contributed by atoms with van der Waals surface area (Å²) in [5.74, 6) is 0.857. The molecule has 4 heteroatoms. The van der Waals surface area contributed by atoms with E-state index in [2.05, 4.69) is 4.98 Å². The Kier molecular flexibility index (Phi) is 3.59. The third kappa shape index (κ3) is 2.22. The molecule has 2 unspecified atom stereocenters. The number of hydrogen-bond acceptors (Lipinski definition) is 4. The molecule has 1 N–H and O–H groups in total. The van der Waals surface area contributed by atoms with Crippen molar-refractivity contribution in [3.05, 3.63) is 23.0 Å². The summed E-state index contributed by atoms with van der Waals surface area (Å²) in [4.78, 5) is 4.43. The molecule has 1 saturated heterocycles. The Morgan fingerprint density at radius 1 is 1.56 bits per heavy atom. The summed E-state index contributed by atoms with van der Waals surface area (Å²) in [5, 5.41) is 10.6. The maximum atomic E-state index is 10.6. The van der Waals surface area contributed by atoms with Crippen LogP contribution in [0.5, 0.6) is 5.75 Å². The highest BCUT2D eigenvalue weighted by Crippen LogP contribution is 2.32. The minimum Gasteiger partial charge on any atom is -0.496 e. The molecule has 0 aliphatic carbocycles. The fourth-order valence-corrected chi connectivity index (χ4v) is 2.54. The predicted molar refractivity (Wildman–Crippen MR) is 68.9 cm³/mol. The van der Waals surface area contributed by atoms with Crippen LogP contribution < -0.4 is 4.74 Å². The number of aromatic nitrogens is 1. The molecule has 100 valence electrons. The molecule has 1 aromatic heterocycles. The van der Waals surface area contributed by atoms with Gasteiger partial charge in [-0.1, -0.05) is 0 Å². The van der Waals surface area contributed by atoms with E-state index >= 15 is 0 Å². The Bertz CT molecular complexity index is 447. The molecule has 0 radical (unpaired) electrons. The largest absolute Gasteiger partial charge is 0.496 e. The lowest BCUT2D eigenvalue weighted by molar-refractivity contribution is -0.0276. The standard InChI is InChI=1S/C14H21NO3/c1-9-8-15-12(10(2)13(9)17-4)7-14(16)5-6-18-11(14)3/h8,11,16H,5-7H2,1-4H3. The first-order valence-electron chi connectivity index (χ1n) is 6.31. The first-order valence-corrected chi connectivity index (χ1v) is 6.31. The zero-order chi connectivity index (χ0) is 13.3. The highest BCUT2D eigenvalue weighted by molar-refractivity contribution is 5.41. The molecule has 1 aliphatic heterocycles. The van der Waals surface area contributed by atoms with Gasteiger partial charge in [0.05, 0.1) is 18.8 Å². The van der Waals surface area contributed by atoms with E-state index in [4.69, 9.17) is 9.47 Å². The van der Waals surface area contributed by atoms with Gasteiger partial charge in [0.1, 0.15) is 5.75 Å². The molecule has 2 atom stereocenters. The van der Waals surface area contributed by atoms with Gasteiger partial charge in [0, 0.05) is 42.5 Å². The second kappa shape index (κ2) is 4.86. The van der Waals surface area contributed by atoms with Crippen LogP contribution in [0.25, 0.3) is 0 Å². The van der Waals surface area contributed by atoms with Crippen molar-refractivity contribution in [2.45, 2.75) is 45.3 Å². The van der Waals surface area contributed by atoms with E-state index in [0.717, 1.165) is 22.6 Å². The van der Waals surface area contributed by atoms with Crippen LogP contribution in [0.4, 0.5) is 0 Å². The zero-order valence-electron chi connectivity index (χ0n) is 11.5. The monoisotopic (exact) mass is 251 g/mol. The van der Waals surface area contributed by atoms with Crippen LogP contribution in [0, 0.1) is 13.8 Å². The average Bonchev–Trinajstić information content (AvgIpc) is 2.64. The number of aliphatic hydroxyl groups is 1. The van der Waals surface area contributed by atoms with Gasteiger partial charge in [-0.3, -0.25) is 4.98 Å². The Hall–Kier alpha value is -1.13. The quantitative estimate of drug-likeness (QED) is 0.890. The molecular formula is C14H21NO3. The van der Waals surface area contributed by atoms with Gasteiger partial charge < -0.3 is 14.6 Å². The number of aryl methyl sites for hydroxylation is 1. The van der Waals surface area contributed by atoms with Crippen molar-refractivity contribution in [2.24, 2.45) is 0 Å². The highest BCUT2D eigenvalue weighted by Gasteiger charge is 2.40. The lowest BCUT2D eigenvalue weighted by atomic mass is 9.89. The molecule has 1 fully saturated rings. The summed E-state index contributed by atoms with van der Waals surface area (Å²) >= 11 is 0. The molecular weight excluding hydrogens is 230 g/mol. The van der Waals surface area contributed by atoms with Gasteiger partial charge in [-0.2, -0.15) is 0 Å². The van der Waals surface area contributed by atoms with Gasteiger partial charge in [0.2, 0.25) is 0 Å². The van der Waals surface area contributed by atoms with E-state index in [0.29, 0.717) is 19.4 Å². The van der Waals surface area contributed by atoms with Crippen LogP contribution in [0.15, 0.2) is 6.20 Å². The molecule has 0 spiro atoms. The topological polar surface area (TPSA) is 51.6 Å². The van der Waals surface area contributed by atoms with E-state index in [1.54, 1.807) is 13.3 Å². The van der Waals surface area contributed by atoms with Gasteiger partial charge in [-0.25, -0.2) is 0 Å². The van der Waals surface area contributed by atoms with Crippen molar-refractivity contribution in [1.82, 2.24) is 4.98 Å². The van der Waals surface area contributed by atoms with Crippen LogP contribution in [-0.4, -0.2) is 35.5 Å². The minimum absolute atomic E-state index is 0.147. The lowest BCUT2D eigenvalue weighted by Gasteiger charge is -2.26. The first kappa shape index (κ1) is 13.3. The van der Waals surface area contributed by atoms with Gasteiger partial charge in [0.25, 0.3) is 0 Å². The van der Waals surface area contributed by atoms with Crippen LogP contribution in [0.3, 0.4) is 0 Å². The molecule has 0 amide bonds. The van der Waals surface area contributed by atoms with E-state index in [1.165, 1.54) is 0 Å². The molecule has 0 bridgehead atoms. The molecule has 18 heavy (non-hydrogen) atoms. The average molecular weight is 251 g/mol. The van der Waals surface area contributed by atoms with E-state index in [9.17, 15) is 5.11 Å². The number of rotatable bonds is 3. The van der Waals surface area contributed by atoms with Crippen molar-refractivity contribution >= 4 is 0 Å². The smallest absolute Gasteiger partial charge is 0.128 e. The maximum absolute atomic E-state index is 10.6. The molecule has 2 heterocycles. The summed E-state index contributed by atoms with van der Waals surface area (Å²) in [6.07, 6.45) is 2.82. The summed E-state index contributed by atoms with van der Waals surface area (Å²) in [6.45, 7) is 6.48. The number of pyridine rings is 1. The van der Waals surface area contributed by atoms with Crippen LogP contribution in [0.1, 0.15) is 30.2 Å². The van der Waals surface area contributed by atoms with Crippen LogP contribution in [0.2, 0.25) is 0 Å². The van der Waals surface area contributed by atoms with Crippen molar-refractivity contribution in [1.29, 1.82) is 0 Å². The summed E-state index contributed by atoms with van der Waals surface area (Å²) in [5.41, 5.74) is 2.10.